The quantitative estimate of drug-likeness (QED) is 0.196. The van der Waals surface area contributed by atoms with Crippen LogP contribution in [0.25, 0.3) is 11.1 Å². The third-order valence-corrected chi connectivity index (χ3v) is 9.24. The van der Waals surface area contributed by atoms with Crippen molar-refractivity contribution in [1.29, 1.82) is 0 Å². The number of aliphatic carboxylic acids is 1. The van der Waals surface area contributed by atoms with Crippen LogP contribution in [0.4, 0.5) is 8.78 Å². The molecule has 3 aromatic rings. The van der Waals surface area contributed by atoms with Gasteiger partial charge in [0.15, 0.2) is 11.6 Å². The molecule has 1 heterocycles. The van der Waals surface area contributed by atoms with Crippen molar-refractivity contribution < 1.29 is 23.5 Å². The van der Waals surface area contributed by atoms with Crippen molar-refractivity contribution in [2.24, 2.45) is 5.92 Å². The molecule has 2 aromatic carbocycles. The number of hydrogen-bond acceptors (Lipinski definition) is 4. The molecule has 0 bridgehead atoms. The van der Waals surface area contributed by atoms with E-state index >= 15 is 8.78 Å². The normalized spacial score (nSPS) is 14.6. The third-order valence-electron chi connectivity index (χ3n) is 9.24. The van der Waals surface area contributed by atoms with Gasteiger partial charge in [-0.3, -0.25) is 14.4 Å². The monoisotopic (exact) mass is 634 g/mol. The van der Waals surface area contributed by atoms with Crippen LogP contribution in [-0.4, -0.2) is 47.0 Å². The summed E-state index contributed by atoms with van der Waals surface area (Å²) in [4.78, 5) is 41.4. The van der Waals surface area contributed by atoms with Gasteiger partial charge in [-0.2, -0.15) is 0 Å². The van der Waals surface area contributed by atoms with E-state index in [9.17, 15) is 19.5 Å². The summed E-state index contributed by atoms with van der Waals surface area (Å²) in [6, 6.07) is 6.79. The molecular weight excluding hydrogens is 586 g/mol. The summed E-state index contributed by atoms with van der Waals surface area (Å²) in [7, 11) is 3.80. The summed E-state index contributed by atoms with van der Waals surface area (Å²) in [6.07, 6.45) is 3.89. The number of carbonyl (C=O) groups is 2. The van der Waals surface area contributed by atoms with Gasteiger partial charge in [-0.15, -0.1) is 0 Å². The molecule has 1 unspecified atom stereocenters. The molecular formula is C38H48F2N2O4. The fraction of sp³-hybridized carbons (Fsp3) is 0.500. The summed E-state index contributed by atoms with van der Waals surface area (Å²) in [5.41, 5.74) is 5.69. The standard InChI is InChI=1S/C38H48F2N2O4/c1-21(2)13-32(42-20-27(11-12-41(7)8)25(6)37(40)38(42)46)33(43)18-29(19-34(44)45)31-17-30(16-24(5)36(31)39)35-22(3)14-28(15-23(35)4)26-9-10-26/h14-17,20-21,26,29,32H,9-13,18-19H2,1-8H3,(H,44,45)/t29-,32?/m0/s1. The van der Waals surface area contributed by atoms with Crippen molar-refractivity contribution in [1.82, 2.24) is 9.47 Å². The lowest BCUT2D eigenvalue weighted by Gasteiger charge is -2.25. The minimum absolute atomic E-state index is 0.0276. The molecule has 0 spiro atoms. The summed E-state index contributed by atoms with van der Waals surface area (Å²) < 4.78 is 32.4. The number of carboxylic acid groups (broad SMARTS) is 1. The van der Waals surface area contributed by atoms with Crippen LogP contribution in [0.2, 0.25) is 0 Å². The Morgan fingerprint density at radius 2 is 1.59 bits per heavy atom. The predicted molar refractivity (Wildman–Crippen MR) is 179 cm³/mol. The number of halogens is 2. The molecule has 1 aliphatic rings. The molecule has 248 valence electrons. The Labute approximate surface area is 271 Å². The Kier molecular flexibility index (Phi) is 11.0. The van der Waals surface area contributed by atoms with Crippen molar-refractivity contribution >= 4 is 11.8 Å². The fourth-order valence-corrected chi connectivity index (χ4v) is 6.64. The molecule has 6 nitrogen and oxygen atoms in total. The summed E-state index contributed by atoms with van der Waals surface area (Å²) in [5.74, 6) is -3.45. The highest BCUT2D eigenvalue weighted by atomic mass is 19.1. The van der Waals surface area contributed by atoms with Gasteiger partial charge >= 0.3 is 5.97 Å². The van der Waals surface area contributed by atoms with E-state index in [0.29, 0.717) is 30.0 Å². The lowest BCUT2D eigenvalue weighted by Crippen LogP contribution is -2.34. The second-order valence-corrected chi connectivity index (χ2v) is 14.0. The molecule has 1 N–H and O–H groups in total. The number of aromatic nitrogens is 1. The number of hydrogen-bond donors (Lipinski definition) is 1. The van der Waals surface area contributed by atoms with Crippen LogP contribution in [0.15, 0.2) is 35.3 Å². The highest BCUT2D eigenvalue weighted by Gasteiger charge is 2.31. The Hall–Kier alpha value is -3.65. The maximum atomic E-state index is 15.9. The zero-order chi connectivity index (χ0) is 34.0. The molecule has 1 aliphatic carbocycles. The van der Waals surface area contributed by atoms with Gasteiger partial charge in [0.25, 0.3) is 5.56 Å². The van der Waals surface area contributed by atoms with E-state index in [1.807, 2.05) is 46.7 Å². The Bertz CT molecular complexity index is 1660. The van der Waals surface area contributed by atoms with Gasteiger partial charge in [0.05, 0.1) is 12.5 Å². The Morgan fingerprint density at radius 1 is 0.957 bits per heavy atom. The minimum atomic E-state index is -1.16. The molecule has 0 radical (unpaired) electrons. The van der Waals surface area contributed by atoms with E-state index in [4.69, 9.17) is 0 Å². The minimum Gasteiger partial charge on any atom is -0.481 e. The molecule has 4 rings (SSSR count). The van der Waals surface area contributed by atoms with Crippen LogP contribution in [-0.2, 0) is 16.0 Å². The first-order valence-electron chi connectivity index (χ1n) is 16.3. The molecule has 46 heavy (non-hydrogen) atoms. The van der Waals surface area contributed by atoms with Gasteiger partial charge in [-0.05, 0) is 142 Å². The number of nitrogens with zero attached hydrogens (tertiary/aromatic N) is 2. The van der Waals surface area contributed by atoms with E-state index in [2.05, 4.69) is 12.1 Å². The number of pyridine rings is 1. The molecule has 0 aliphatic heterocycles. The van der Waals surface area contributed by atoms with Crippen LogP contribution in [0.5, 0.6) is 0 Å². The van der Waals surface area contributed by atoms with E-state index in [0.717, 1.165) is 22.3 Å². The number of rotatable bonds is 14. The number of benzene rings is 2. The first-order valence-corrected chi connectivity index (χ1v) is 16.3. The number of carbonyl (C=O) groups excluding carboxylic acids is 1. The second kappa shape index (κ2) is 14.4. The first kappa shape index (κ1) is 35.2. The topological polar surface area (TPSA) is 79.6 Å². The van der Waals surface area contributed by atoms with Gasteiger partial charge in [-0.1, -0.05) is 26.0 Å². The van der Waals surface area contributed by atoms with Gasteiger partial charge < -0.3 is 14.6 Å². The smallest absolute Gasteiger partial charge is 0.303 e. The van der Waals surface area contributed by atoms with Crippen LogP contribution >= 0.6 is 0 Å². The van der Waals surface area contributed by atoms with Crippen LogP contribution in [0, 0.1) is 45.2 Å². The van der Waals surface area contributed by atoms with E-state index in [-0.39, 0.29) is 29.9 Å². The average Bonchev–Trinajstić information content (AvgIpc) is 3.81. The summed E-state index contributed by atoms with van der Waals surface area (Å²) in [5, 5.41) is 9.89. The second-order valence-electron chi connectivity index (χ2n) is 14.0. The van der Waals surface area contributed by atoms with Gasteiger partial charge in [0, 0.05) is 25.1 Å². The number of ketones is 1. The Balaban J connectivity index is 1.77. The van der Waals surface area contributed by atoms with Crippen LogP contribution in [0.1, 0.15) is 103 Å². The van der Waals surface area contributed by atoms with E-state index in [1.54, 1.807) is 32.2 Å². The molecule has 1 saturated carbocycles. The van der Waals surface area contributed by atoms with Crippen LogP contribution in [0.3, 0.4) is 0 Å². The molecule has 1 aromatic heterocycles. The third kappa shape index (κ3) is 8.00. The summed E-state index contributed by atoms with van der Waals surface area (Å²) in [6.45, 7) is 11.7. The van der Waals surface area contributed by atoms with Gasteiger partial charge in [0.1, 0.15) is 5.82 Å². The molecule has 1 fully saturated rings. The number of aryl methyl sites for hydroxylation is 3. The van der Waals surface area contributed by atoms with E-state index in [1.165, 1.54) is 23.0 Å². The molecule has 2 atom stereocenters. The average molecular weight is 635 g/mol. The zero-order valence-corrected chi connectivity index (χ0v) is 28.5. The fourth-order valence-electron chi connectivity index (χ4n) is 6.64. The largest absolute Gasteiger partial charge is 0.481 e. The highest BCUT2D eigenvalue weighted by Crippen LogP contribution is 2.43. The SMILES string of the molecule is Cc1cc(-c2c(C)cc(C3CC3)cc2C)cc([C@H](CC(=O)O)CC(=O)C(CC(C)C)n2cc(CCN(C)C)c(C)c(F)c2=O)c1F. The summed E-state index contributed by atoms with van der Waals surface area (Å²) >= 11 is 0. The number of carboxylic acids is 1. The maximum Gasteiger partial charge on any atom is 0.303 e. The predicted octanol–water partition coefficient (Wildman–Crippen LogP) is 7.81. The number of likely N-dealkylation sites (N-methyl/N-ethyl adjacent to an activating group) is 1. The van der Waals surface area contributed by atoms with Crippen LogP contribution < -0.4 is 5.56 Å². The first-order chi connectivity index (χ1) is 21.6. The van der Waals surface area contributed by atoms with Gasteiger partial charge in [0.2, 0.25) is 0 Å². The van der Waals surface area contributed by atoms with Crippen molar-refractivity contribution in [3.05, 3.63) is 91.4 Å². The molecule has 8 heteroatoms. The zero-order valence-electron chi connectivity index (χ0n) is 28.5. The van der Waals surface area contributed by atoms with Crippen molar-refractivity contribution in [3.63, 3.8) is 0 Å². The van der Waals surface area contributed by atoms with Crippen molar-refractivity contribution in [2.45, 2.75) is 97.9 Å². The van der Waals surface area contributed by atoms with E-state index < -0.39 is 47.3 Å². The van der Waals surface area contributed by atoms with Gasteiger partial charge in [-0.25, -0.2) is 8.78 Å². The highest BCUT2D eigenvalue weighted by molar-refractivity contribution is 5.84. The molecule has 0 saturated heterocycles. The Morgan fingerprint density at radius 3 is 2.13 bits per heavy atom. The molecule has 0 amide bonds. The number of Topliss-reactive ketones (excluding diaryl/α,β-unsaturated/α-hetero) is 1. The lowest BCUT2D eigenvalue weighted by atomic mass is 9.83. The maximum absolute atomic E-state index is 15.9. The van der Waals surface area contributed by atoms with Crippen molar-refractivity contribution in [3.8, 4) is 11.1 Å². The van der Waals surface area contributed by atoms with Crippen molar-refractivity contribution in [2.75, 3.05) is 20.6 Å². The lowest BCUT2D eigenvalue weighted by molar-refractivity contribution is -0.137.